The highest BCUT2D eigenvalue weighted by Crippen LogP contribution is 2.40. The molecule has 1 aromatic heterocycles. The normalized spacial score (nSPS) is 16.3. The molecule has 2 amide bonds. The number of carbonyl (C=O) groups is 1. The first-order valence-electron chi connectivity index (χ1n) is 13.4. The average molecular weight is 522 g/mol. The molecule has 1 aliphatic rings. The maximum atomic E-state index is 14.9. The number of imidazole rings is 1. The van der Waals surface area contributed by atoms with Crippen LogP contribution in [0, 0.1) is 5.41 Å². The second kappa shape index (κ2) is 12.1. The number of aliphatic hydroxyl groups excluding tert-OH is 1. The lowest BCUT2D eigenvalue weighted by Gasteiger charge is -2.43. The molecule has 38 heavy (non-hydrogen) atoms. The Balaban J connectivity index is 1.82. The molecule has 0 radical (unpaired) electrons. The highest BCUT2D eigenvalue weighted by atomic mass is 19.1. The van der Waals surface area contributed by atoms with Gasteiger partial charge in [0.25, 0.3) is 0 Å². The van der Waals surface area contributed by atoms with Gasteiger partial charge in [-0.2, -0.15) is 0 Å². The summed E-state index contributed by atoms with van der Waals surface area (Å²) in [6.07, 6.45) is 1.26. The molecular weight excluding hydrogens is 481 g/mol. The number of alkyl halides is 1. The van der Waals surface area contributed by atoms with Crippen LogP contribution in [0.25, 0.3) is 11.3 Å². The molecular formula is C30H40FN5O2. The zero-order valence-corrected chi connectivity index (χ0v) is 22.6. The van der Waals surface area contributed by atoms with Gasteiger partial charge in [0.2, 0.25) is 0 Å². The summed E-state index contributed by atoms with van der Waals surface area (Å²) in [4.78, 5) is 22.4. The van der Waals surface area contributed by atoms with E-state index in [0.717, 1.165) is 16.8 Å². The molecule has 4 rings (SSSR count). The lowest BCUT2D eigenvalue weighted by atomic mass is 9.84. The number of urea groups is 1. The SMILES string of the molecule is CC(C)(C)[C@H](c1nc(-c2ccccc2)cn1Cc1ccccc1)N(C[C@H](F)CN)C(=O)N1CCC(O)CC1. The maximum Gasteiger partial charge on any atom is 0.320 e. The third-order valence-corrected chi connectivity index (χ3v) is 7.08. The summed E-state index contributed by atoms with van der Waals surface area (Å²) in [7, 11) is 0. The van der Waals surface area contributed by atoms with Crippen molar-refractivity contribution in [3.05, 3.63) is 78.2 Å². The van der Waals surface area contributed by atoms with Crippen molar-refractivity contribution < 1.29 is 14.3 Å². The first-order valence-corrected chi connectivity index (χ1v) is 13.4. The monoisotopic (exact) mass is 521 g/mol. The molecule has 1 aliphatic heterocycles. The number of benzene rings is 2. The van der Waals surface area contributed by atoms with Gasteiger partial charge in [0.15, 0.2) is 0 Å². The van der Waals surface area contributed by atoms with Gasteiger partial charge in [-0.3, -0.25) is 0 Å². The Hall–Kier alpha value is -3.23. The molecule has 8 heteroatoms. The van der Waals surface area contributed by atoms with E-state index in [4.69, 9.17) is 10.7 Å². The molecule has 0 aliphatic carbocycles. The van der Waals surface area contributed by atoms with Crippen LogP contribution in [-0.4, -0.2) is 68.9 Å². The van der Waals surface area contributed by atoms with Crippen molar-refractivity contribution in [3.63, 3.8) is 0 Å². The molecule has 2 aromatic carbocycles. The van der Waals surface area contributed by atoms with Crippen LogP contribution in [0.1, 0.15) is 51.0 Å². The highest BCUT2D eigenvalue weighted by molar-refractivity contribution is 5.75. The molecule has 0 spiro atoms. The van der Waals surface area contributed by atoms with Gasteiger partial charge < -0.3 is 25.2 Å². The van der Waals surface area contributed by atoms with E-state index in [1.165, 1.54) is 0 Å². The van der Waals surface area contributed by atoms with E-state index in [9.17, 15) is 14.3 Å². The number of halogens is 1. The summed E-state index contributed by atoms with van der Waals surface area (Å²) >= 11 is 0. The van der Waals surface area contributed by atoms with E-state index in [2.05, 4.69) is 37.5 Å². The Kier molecular flexibility index (Phi) is 8.84. The quantitative estimate of drug-likeness (QED) is 0.443. The van der Waals surface area contributed by atoms with Crippen molar-refractivity contribution >= 4 is 6.03 Å². The van der Waals surface area contributed by atoms with Crippen molar-refractivity contribution in [3.8, 4) is 11.3 Å². The van der Waals surface area contributed by atoms with Crippen molar-refractivity contribution in [2.45, 2.75) is 58.5 Å². The van der Waals surface area contributed by atoms with Crippen LogP contribution < -0.4 is 5.73 Å². The standard InChI is InChI=1S/C30H40FN5O2/c1-30(2,3)27(36(20-24(31)18-32)29(38)34-16-14-25(37)15-17-34)28-33-26(23-12-8-5-9-13-23)21-35(28)19-22-10-6-4-7-11-22/h4-13,21,24-25,27,37H,14-20,32H2,1-3H3/t24-,27+/m1/s1. The second-order valence-electron chi connectivity index (χ2n) is 11.2. The molecule has 0 bridgehead atoms. The van der Waals surface area contributed by atoms with Crippen LogP contribution in [0.15, 0.2) is 66.9 Å². The fourth-order valence-electron chi connectivity index (χ4n) is 5.12. The Bertz CT molecular complexity index is 1170. The number of hydrogen-bond donors (Lipinski definition) is 2. The van der Waals surface area contributed by atoms with Gasteiger partial charge in [0, 0.05) is 37.9 Å². The molecule has 1 saturated heterocycles. The van der Waals surface area contributed by atoms with Crippen LogP contribution >= 0.6 is 0 Å². The van der Waals surface area contributed by atoms with Gasteiger partial charge in [-0.05, 0) is 23.8 Å². The number of carbonyl (C=O) groups excluding carboxylic acids is 1. The molecule has 3 aromatic rings. The van der Waals surface area contributed by atoms with Crippen molar-refractivity contribution in [2.75, 3.05) is 26.2 Å². The fraction of sp³-hybridized carbons (Fsp3) is 0.467. The van der Waals surface area contributed by atoms with E-state index in [1.54, 1.807) is 9.80 Å². The minimum atomic E-state index is -1.37. The topological polar surface area (TPSA) is 87.6 Å². The zero-order valence-electron chi connectivity index (χ0n) is 22.6. The number of nitrogens with zero attached hydrogens (tertiary/aromatic N) is 4. The van der Waals surface area contributed by atoms with E-state index in [-0.39, 0.29) is 19.1 Å². The van der Waals surface area contributed by atoms with E-state index in [1.807, 2.05) is 54.7 Å². The lowest BCUT2D eigenvalue weighted by molar-refractivity contribution is 0.0466. The minimum Gasteiger partial charge on any atom is -0.393 e. The number of aliphatic hydroxyl groups is 1. The lowest BCUT2D eigenvalue weighted by Crippen LogP contribution is -2.53. The summed E-state index contributed by atoms with van der Waals surface area (Å²) in [5.74, 6) is 0.704. The number of amides is 2. The van der Waals surface area contributed by atoms with Crippen LogP contribution in [0.2, 0.25) is 0 Å². The molecule has 3 N–H and O–H groups in total. The first-order chi connectivity index (χ1) is 18.2. The predicted octanol–water partition coefficient (Wildman–Crippen LogP) is 4.86. The van der Waals surface area contributed by atoms with Gasteiger partial charge in [0.1, 0.15) is 12.0 Å². The van der Waals surface area contributed by atoms with Crippen molar-refractivity contribution in [1.82, 2.24) is 19.4 Å². The van der Waals surface area contributed by atoms with E-state index >= 15 is 0 Å². The Morgan fingerprint density at radius 1 is 1.11 bits per heavy atom. The first kappa shape index (κ1) is 27.8. The van der Waals surface area contributed by atoms with Crippen LogP contribution in [0.3, 0.4) is 0 Å². The molecule has 1 fully saturated rings. The summed E-state index contributed by atoms with van der Waals surface area (Å²) in [6, 6.07) is 19.3. The molecule has 0 unspecified atom stereocenters. The van der Waals surface area contributed by atoms with Gasteiger partial charge in [-0.15, -0.1) is 0 Å². The Morgan fingerprint density at radius 2 is 1.71 bits per heavy atom. The predicted molar refractivity (Wildman–Crippen MR) is 148 cm³/mol. The number of hydrogen-bond acceptors (Lipinski definition) is 4. The number of rotatable bonds is 8. The number of aromatic nitrogens is 2. The number of likely N-dealkylation sites (tertiary alicyclic amines) is 1. The molecule has 2 atom stereocenters. The number of piperidine rings is 1. The van der Waals surface area contributed by atoms with Crippen LogP contribution in [0.5, 0.6) is 0 Å². The molecule has 2 heterocycles. The van der Waals surface area contributed by atoms with Gasteiger partial charge in [-0.25, -0.2) is 14.2 Å². The molecule has 204 valence electrons. The Labute approximate surface area is 225 Å². The molecule has 0 saturated carbocycles. The van der Waals surface area contributed by atoms with Crippen molar-refractivity contribution in [2.24, 2.45) is 11.1 Å². The summed E-state index contributed by atoms with van der Waals surface area (Å²) in [5.41, 5.74) is 8.11. The fourth-order valence-corrected chi connectivity index (χ4v) is 5.12. The highest BCUT2D eigenvalue weighted by Gasteiger charge is 2.41. The average Bonchev–Trinajstić information content (AvgIpc) is 3.31. The number of nitrogens with two attached hydrogens (primary N) is 1. The smallest absolute Gasteiger partial charge is 0.320 e. The molecule has 7 nitrogen and oxygen atoms in total. The van der Waals surface area contributed by atoms with Crippen molar-refractivity contribution in [1.29, 1.82) is 0 Å². The largest absolute Gasteiger partial charge is 0.393 e. The Morgan fingerprint density at radius 3 is 2.29 bits per heavy atom. The summed E-state index contributed by atoms with van der Waals surface area (Å²) in [6.45, 7) is 7.28. The zero-order chi connectivity index (χ0) is 27.3. The van der Waals surface area contributed by atoms with Gasteiger partial charge in [-0.1, -0.05) is 81.4 Å². The third-order valence-electron chi connectivity index (χ3n) is 7.08. The van der Waals surface area contributed by atoms with Gasteiger partial charge >= 0.3 is 6.03 Å². The van der Waals surface area contributed by atoms with Crippen LogP contribution in [-0.2, 0) is 6.54 Å². The summed E-state index contributed by atoms with van der Waals surface area (Å²) in [5, 5.41) is 9.99. The van der Waals surface area contributed by atoms with E-state index in [0.29, 0.717) is 38.3 Å². The third kappa shape index (κ3) is 6.60. The second-order valence-corrected chi connectivity index (χ2v) is 11.2. The minimum absolute atomic E-state index is 0.130. The van der Waals surface area contributed by atoms with Gasteiger partial charge in [0.05, 0.1) is 24.4 Å². The summed E-state index contributed by atoms with van der Waals surface area (Å²) < 4.78 is 17.0. The maximum absolute atomic E-state index is 14.9. The van der Waals surface area contributed by atoms with E-state index < -0.39 is 23.7 Å². The van der Waals surface area contributed by atoms with Crippen LogP contribution in [0.4, 0.5) is 9.18 Å².